The highest BCUT2D eigenvalue weighted by Crippen LogP contribution is 2.37. The van der Waals surface area contributed by atoms with E-state index in [1.165, 1.54) is 31.9 Å². The molecule has 0 spiro atoms. The smallest absolute Gasteiger partial charge is 0.220 e. The van der Waals surface area contributed by atoms with E-state index in [2.05, 4.69) is 273 Å². The predicted molar refractivity (Wildman–Crippen MR) is 287 cm³/mol. The van der Waals surface area contributed by atoms with E-state index in [1.54, 1.807) is 0 Å². The first-order valence-electron chi connectivity index (χ1n) is 23.5. The number of nitrogens with zero attached hydrogens (tertiary/aromatic N) is 6. The van der Waals surface area contributed by atoms with Gasteiger partial charge in [0, 0.05) is 11.1 Å². The van der Waals surface area contributed by atoms with E-state index in [-0.39, 0.29) is 0 Å². The molecule has 14 aromatic rings. The maximum absolute atomic E-state index is 5.33. The molecule has 0 radical (unpaired) electrons. The summed E-state index contributed by atoms with van der Waals surface area (Å²) in [6, 6.07) is 93.0. The van der Waals surface area contributed by atoms with Gasteiger partial charge in [-0.3, -0.25) is 17.9 Å². The summed E-state index contributed by atoms with van der Waals surface area (Å²) >= 11 is 0. The van der Waals surface area contributed by atoms with Crippen LogP contribution in [0.3, 0.4) is 0 Å². The van der Waals surface area contributed by atoms with Crippen molar-refractivity contribution in [2.45, 2.75) is 0 Å². The molecule has 14 rings (SSSR count). The summed E-state index contributed by atoms with van der Waals surface area (Å²) in [5.41, 5.74) is 15.3. The molecule has 0 saturated heterocycles. The van der Waals surface area contributed by atoms with Gasteiger partial charge in [0.15, 0.2) is 8.07 Å². The second-order valence-corrected chi connectivity index (χ2v) is 21.5. The van der Waals surface area contributed by atoms with Gasteiger partial charge in [-0.1, -0.05) is 194 Å². The largest absolute Gasteiger partial charge is 0.278 e. The van der Waals surface area contributed by atoms with Crippen molar-refractivity contribution in [1.82, 2.24) is 27.9 Å². The summed E-state index contributed by atoms with van der Waals surface area (Å²) < 4.78 is 9.34. The quantitative estimate of drug-likeness (QED) is 0.113. The van der Waals surface area contributed by atoms with Crippen LogP contribution < -0.4 is 20.7 Å². The second-order valence-electron chi connectivity index (χ2n) is 17.7. The summed E-state index contributed by atoms with van der Waals surface area (Å²) in [5, 5.41) is 5.20. The van der Waals surface area contributed by atoms with Gasteiger partial charge in [0.2, 0.25) is 11.6 Å². The molecule has 0 atom stereocenters. The molecule has 0 bridgehead atoms. The van der Waals surface area contributed by atoms with E-state index in [4.69, 9.17) is 9.97 Å². The number of hydrogen-bond acceptors (Lipinski definition) is 2. The number of para-hydroxylation sites is 10. The fourth-order valence-corrected chi connectivity index (χ4v) is 16.6. The molecular weight excluding hydrogens is 857 g/mol. The Bertz CT molecular complexity index is 4000. The lowest BCUT2D eigenvalue weighted by molar-refractivity contribution is 1.11. The van der Waals surface area contributed by atoms with Gasteiger partial charge in [0.1, 0.15) is 0 Å². The summed E-state index contributed by atoms with van der Waals surface area (Å²) in [6.07, 6.45) is 0. The van der Waals surface area contributed by atoms with Gasteiger partial charge in [0.05, 0.1) is 55.5 Å². The summed E-state index contributed by atoms with van der Waals surface area (Å²) in [7, 11) is -3.30. The lowest BCUT2D eigenvalue weighted by atomic mass is 10.0. The molecule has 0 N–H and O–H groups in total. The molecule has 0 saturated carbocycles. The molecule has 6 nitrogen and oxygen atoms in total. The summed E-state index contributed by atoms with van der Waals surface area (Å²) in [5.74, 6) is 1.77. The monoisotopic (exact) mass is 898 g/mol. The highest BCUT2D eigenvalue weighted by atomic mass is 28.3. The van der Waals surface area contributed by atoms with E-state index < -0.39 is 8.07 Å². The average Bonchev–Trinajstić information content (AvgIpc) is 4.17. The van der Waals surface area contributed by atoms with Crippen LogP contribution in [-0.4, -0.2) is 36.0 Å². The zero-order valence-corrected chi connectivity index (χ0v) is 38.4. The molecule has 10 aromatic carbocycles. The number of hydrogen-bond donors (Lipinski definition) is 0. The minimum Gasteiger partial charge on any atom is -0.278 e. The van der Waals surface area contributed by atoms with E-state index >= 15 is 0 Å². The Balaban J connectivity index is 1.08. The fourth-order valence-electron chi connectivity index (χ4n) is 11.4. The topological polar surface area (TPSA) is 44.5 Å². The highest BCUT2D eigenvalue weighted by Gasteiger charge is 2.45. The predicted octanol–water partition coefficient (Wildman–Crippen LogP) is 11.9. The SMILES string of the molecule is c1ccc([Si](c2ccccc2)(c2ccccc2-c2ccccc2-n2c3ccccc3n3c4ccccc4nc23)c2ccccc2-c2ccccc2-n2c3ccccc3n3c4ccccc4nc23)cc1. The Morgan fingerprint density at radius 3 is 1.01 bits per heavy atom. The van der Waals surface area contributed by atoms with E-state index in [1.807, 2.05) is 0 Å². The normalized spacial score (nSPS) is 12.1. The molecule has 4 aromatic heterocycles. The Morgan fingerprint density at radius 2 is 0.580 bits per heavy atom. The summed E-state index contributed by atoms with van der Waals surface area (Å²) in [6.45, 7) is 0. The molecule has 0 fully saturated rings. The zero-order chi connectivity index (χ0) is 45.5. The molecule has 0 aliphatic rings. The minimum atomic E-state index is -3.30. The van der Waals surface area contributed by atoms with Gasteiger partial charge in [-0.25, -0.2) is 9.97 Å². The van der Waals surface area contributed by atoms with E-state index in [0.717, 1.165) is 78.2 Å². The van der Waals surface area contributed by atoms with Crippen LogP contribution in [0.4, 0.5) is 0 Å². The first kappa shape index (κ1) is 39.2. The molecule has 4 heterocycles. The minimum absolute atomic E-state index is 0.885. The number of rotatable bonds is 8. The van der Waals surface area contributed by atoms with Crippen LogP contribution in [0, 0.1) is 0 Å². The van der Waals surface area contributed by atoms with Crippen molar-refractivity contribution >= 4 is 84.5 Å². The number of aromatic nitrogens is 6. The van der Waals surface area contributed by atoms with Crippen molar-refractivity contribution < 1.29 is 0 Å². The van der Waals surface area contributed by atoms with Gasteiger partial charge < -0.3 is 0 Å². The number of fused-ring (bicyclic) bond motifs is 10. The molecule has 0 amide bonds. The maximum atomic E-state index is 5.33. The number of benzene rings is 10. The lowest BCUT2D eigenvalue weighted by Crippen LogP contribution is -2.75. The standard InChI is InChI=1S/C62H42N6Si/c1-3-23-43(24-4-1)69(44-25-5-2-6-26-44,59-41-21-9-29-47(59)45-27-7-13-33-51(45)65-55-37-17-19-39-57(55)67-53-35-15-11-31-49(53)63-61(65)67)60-42-22-10-30-48(60)46-28-8-14-34-52(46)66-56-38-18-20-40-58(56)68-54-36-16-12-32-50(54)64-62(66)68/h1-42H. The Morgan fingerprint density at radius 1 is 0.261 bits per heavy atom. The highest BCUT2D eigenvalue weighted by molar-refractivity contribution is 7.21. The van der Waals surface area contributed by atoms with Crippen LogP contribution in [-0.2, 0) is 0 Å². The molecular formula is C62H42N6Si. The van der Waals surface area contributed by atoms with Crippen LogP contribution in [0.2, 0.25) is 0 Å². The van der Waals surface area contributed by atoms with E-state index in [0.29, 0.717) is 0 Å². The molecule has 324 valence electrons. The summed E-state index contributed by atoms with van der Waals surface area (Å²) in [4.78, 5) is 10.7. The Hall–Kier alpha value is -9.04. The van der Waals surface area contributed by atoms with Crippen LogP contribution in [0.1, 0.15) is 0 Å². The van der Waals surface area contributed by atoms with Gasteiger partial charge in [-0.15, -0.1) is 0 Å². The second kappa shape index (κ2) is 15.5. The third-order valence-electron chi connectivity index (χ3n) is 14.2. The zero-order valence-electron chi connectivity index (χ0n) is 37.4. The number of imidazole rings is 4. The van der Waals surface area contributed by atoms with Crippen molar-refractivity contribution in [3.8, 4) is 33.6 Å². The van der Waals surface area contributed by atoms with Crippen LogP contribution >= 0.6 is 0 Å². The fraction of sp³-hybridized carbons (Fsp3) is 0. The Kier molecular flexibility index (Phi) is 8.81. The van der Waals surface area contributed by atoms with Gasteiger partial charge >= 0.3 is 0 Å². The molecule has 69 heavy (non-hydrogen) atoms. The van der Waals surface area contributed by atoms with Crippen molar-refractivity contribution in [2.24, 2.45) is 0 Å². The molecule has 0 aliphatic heterocycles. The van der Waals surface area contributed by atoms with Gasteiger partial charge in [-0.05, 0) is 92.5 Å². The van der Waals surface area contributed by atoms with Crippen LogP contribution in [0.15, 0.2) is 255 Å². The van der Waals surface area contributed by atoms with Crippen LogP contribution in [0.25, 0.3) is 89.3 Å². The third-order valence-corrected chi connectivity index (χ3v) is 19.0. The van der Waals surface area contributed by atoms with Crippen molar-refractivity contribution in [2.75, 3.05) is 0 Å². The van der Waals surface area contributed by atoms with Crippen LogP contribution in [0.5, 0.6) is 0 Å². The molecule has 0 unspecified atom stereocenters. The maximum Gasteiger partial charge on any atom is 0.220 e. The van der Waals surface area contributed by atoms with Crippen molar-refractivity contribution in [1.29, 1.82) is 0 Å². The third kappa shape index (κ3) is 5.71. The Labute approximate surface area is 398 Å². The van der Waals surface area contributed by atoms with Gasteiger partial charge in [0.25, 0.3) is 0 Å². The van der Waals surface area contributed by atoms with Crippen molar-refractivity contribution in [3.05, 3.63) is 255 Å². The van der Waals surface area contributed by atoms with Crippen molar-refractivity contribution in [3.63, 3.8) is 0 Å². The lowest BCUT2D eigenvalue weighted by Gasteiger charge is -2.37. The molecule has 7 heteroatoms. The first-order chi connectivity index (χ1) is 34.3. The van der Waals surface area contributed by atoms with E-state index in [9.17, 15) is 0 Å². The molecule has 0 aliphatic carbocycles. The van der Waals surface area contributed by atoms with Gasteiger partial charge in [-0.2, -0.15) is 0 Å². The first-order valence-corrected chi connectivity index (χ1v) is 25.5. The average molecular weight is 899 g/mol.